The molecule has 0 aromatic rings. The summed E-state index contributed by atoms with van der Waals surface area (Å²) >= 11 is 0. The molecule has 0 rings (SSSR count). The van der Waals surface area contributed by atoms with Gasteiger partial charge in [-0.2, -0.15) is 0 Å². The van der Waals surface area contributed by atoms with Crippen LogP contribution in [0.2, 0.25) is 0 Å². The molecule has 1 amide bonds. The Morgan fingerprint density at radius 3 is 1.58 bits per heavy atom. The number of primary amides is 1. The fraction of sp³-hybridized carbons (Fsp3) is 0.750. The van der Waals surface area contributed by atoms with Gasteiger partial charge < -0.3 is 5.73 Å². The zero-order valence-electron chi connectivity index (χ0n) is 8.90. The number of amides is 1. The van der Waals surface area contributed by atoms with Crippen molar-refractivity contribution >= 4 is 5.91 Å². The molecule has 0 unspecified atom stereocenters. The highest BCUT2D eigenvalue weighted by molar-refractivity contribution is 5.75. The van der Waals surface area contributed by atoms with Crippen LogP contribution in [0.25, 0.3) is 0 Å². The van der Waals surface area contributed by atoms with Crippen LogP contribution in [0, 0.1) is 40.5 Å². The van der Waals surface area contributed by atoms with Gasteiger partial charge in [-0.25, -0.2) is 10.1 Å². The molecule has 0 aliphatic rings. The van der Waals surface area contributed by atoms with Crippen LogP contribution in [0.15, 0.2) is 0 Å². The van der Waals surface area contributed by atoms with Crippen molar-refractivity contribution in [3.8, 4) is 0 Å². The average molecular weight is 282 g/mol. The second-order valence-electron chi connectivity index (χ2n) is 3.07. The predicted octanol–water partition coefficient (Wildman–Crippen LogP) is -2.55. The van der Waals surface area contributed by atoms with E-state index in [0.717, 1.165) is 0 Å². The maximum absolute atomic E-state index is 10.5. The number of hydrogen-bond acceptors (Lipinski definition) is 9. The third-order valence-corrected chi connectivity index (χ3v) is 1.84. The zero-order valence-corrected chi connectivity index (χ0v) is 8.90. The summed E-state index contributed by atoms with van der Waals surface area (Å²) in [6.07, 6.45) is 0. The molecular weight excluding hydrogens is 276 g/mol. The summed E-state index contributed by atoms with van der Waals surface area (Å²) in [7, 11) is 0. The second kappa shape index (κ2) is 5.47. The van der Waals surface area contributed by atoms with E-state index in [1.807, 2.05) is 0 Å². The van der Waals surface area contributed by atoms with Crippen LogP contribution in [0.3, 0.4) is 0 Å². The first-order chi connectivity index (χ1) is 8.55. The number of hydrazine groups is 1. The first kappa shape index (κ1) is 15.9. The lowest BCUT2D eigenvalue weighted by molar-refractivity contribution is -0.973. The molecule has 0 radical (unpaired) electrons. The summed E-state index contributed by atoms with van der Waals surface area (Å²) in [4.78, 5) is 46.7. The molecular formula is C4H6N6O9. The van der Waals surface area contributed by atoms with Crippen molar-refractivity contribution < 1.29 is 24.6 Å². The smallest absolute Gasteiger partial charge is 0.368 e. The fourth-order valence-corrected chi connectivity index (χ4v) is 0.969. The van der Waals surface area contributed by atoms with Gasteiger partial charge in [0.2, 0.25) is 5.91 Å². The van der Waals surface area contributed by atoms with Crippen molar-refractivity contribution in [3.63, 3.8) is 0 Å². The lowest BCUT2D eigenvalue weighted by Crippen LogP contribution is -2.61. The van der Waals surface area contributed by atoms with Gasteiger partial charge in [-0.15, -0.1) is 0 Å². The van der Waals surface area contributed by atoms with Crippen molar-refractivity contribution in [3.05, 3.63) is 40.5 Å². The highest BCUT2D eigenvalue weighted by atomic mass is 16.7. The minimum Gasteiger partial charge on any atom is -0.368 e. The molecule has 106 valence electrons. The summed E-state index contributed by atoms with van der Waals surface area (Å²) in [6.45, 7) is -3.12. The maximum atomic E-state index is 10.5. The van der Waals surface area contributed by atoms with Crippen molar-refractivity contribution in [2.45, 2.75) is 5.79 Å². The lowest BCUT2D eigenvalue weighted by atomic mass is 10.3. The van der Waals surface area contributed by atoms with Gasteiger partial charge in [0.25, 0.3) is 6.54 Å². The Hall–Kier alpha value is -3.13. The van der Waals surface area contributed by atoms with E-state index in [-0.39, 0.29) is 5.01 Å². The van der Waals surface area contributed by atoms with Crippen molar-refractivity contribution in [1.29, 1.82) is 0 Å². The molecule has 19 heavy (non-hydrogen) atoms. The summed E-state index contributed by atoms with van der Waals surface area (Å²) in [5.74, 6) is -5.41. The lowest BCUT2D eigenvalue weighted by Gasteiger charge is -2.13. The summed E-state index contributed by atoms with van der Waals surface area (Å²) < 4.78 is 0. The van der Waals surface area contributed by atoms with Crippen LogP contribution in [-0.4, -0.2) is 49.6 Å². The van der Waals surface area contributed by atoms with E-state index in [9.17, 15) is 45.3 Å². The van der Waals surface area contributed by atoms with Gasteiger partial charge in [0, 0.05) is 0 Å². The third kappa shape index (κ3) is 3.17. The molecule has 0 spiro atoms. The number of rotatable bonds is 8. The topological polar surface area (TPSA) is 219 Å². The van der Waals surface area contributed by atoms with Crippen LogP contribution >= 0.6 is 0 Å². The van der Waals surface area contributed by atoms with Crippen molar-refractivity contribution in [2.75, 3.05) is 13.1 Å². The molecule has 0 saturated carbocycles. The molecule has 0 fully saturated rings. The van der Waals surface area contributed by atoms with Crippen LogP contribution in [0.1, 0.15) is 0 Å². The zero-order chi connectivity index (χ0) is 15.4. The molecule has 0 saturated heterocycles. The molecule has 15 nitrogen and oxygen atoms in total. The van der Waals surface area contributed by atoms with Gasteiger partial charge in [-0.3, -0.25) is 35.1 Å². The summed E-state index contributed by atoms with van der Waals surface area (Å²) in [5.41, 5.74) is 4.58. The average Bonchev–Trinajstić information content (AvgIpc) is 2.21. The van der Waals surface area contributed by atoms with E-state index in [4.69, 9.17) is 0 Å². The Kier molecular flexibility index (Phi) is 4.57. The number of hydrogen-bond donors (Lipinski definition) is 1. The minimum absolute atomic E-state index is 0.378. The Morgan fingerprint density at radius 1 is 1.00 bits per heavy atom. The molecule has 2 N–H and O–H groups in total. The maximum Gasteiger partial charge on any atom is 0.723 e. The predicted molar refractivity (Wildman–Crippen MR) is 51.5 cm³/mol. The number of nitro groups is 4. The quantitative estimate of drug-likeness (QED) is 0.278. The van der Waals surface area contributed by atoms with Gasteiger partial charge in [0.05, 0.1) is 0 Å². The Bertz CT molecular complexity index is 410. The monoisotopic (exact) mass is 282 g/mol. The second-order valence-corrected chi connectivity index (χ2v) is 3.07. The van der Waals surface area contributed by atoms with Crippen LogP contribution in [0.5, 0.6) is 0 Å². The van der Waals surface area contributed by atoms with E-state index >= 15 is 0 Å². The molecule has 0 aromatic heterocycles. The molecule has 0 atom stereocenters. The number of nitrogens with zero attached hydrogens (tertiary/aromatic N) is 5. The molecule has 15 heteroatoms. The first-order valence-corrected chi connectivity index (χ1v) is 4.16. The van der Waals surface area contributed by atoms with Gasteiger partial charge in [0.15, 0.2) is 26.3 Å². The fourth-order valence-electron chi connectivity index (χ4n) is 0.969. The third-order valence-electron chi connectivity index (χ3n) is 1.84. The Labute approximate surface area is 102 Å². The van der Waals surface area contributed by atoms with Crippen LogP contribution < -0.4 is 5.73 Å². The molecule has 0 aliphatic carbocycles. The molecule has 0 aliphatic heterocycles. The SMILES string of the molecule is NC(=O)CN(CC([N+](=O)[O-])([N+](=O)[O-])[N+](=O)[O-])[N+](=O)[O-]. The van der Waals surface area contributed by atoms with Gasteiger partial charge in [-0.05, 0) is 0 Å². The Balaban J connectivity index is 5.58. The molecule has 0 bridgehead atoms. The highest BCUT2D eigenvalue weighted by Gasteiger charge is 2.73. The van der Waals surface area contributed by atoms with Crippen LogP contribution in [-0.2, 0) is 4.79 Å². The molecule has 0 heterocycles. The number of nitrogens with two attached hydrogens (primary N) is 1. The standard InChI is InChI=1S/C4H6N6O9/c5-3(11)1-6(10(18)19)2-4(7(12)13,8(14)15)9(16)17/h1-2H2,(H2,5,11). The van der Waals surface area contributed by atoms with E-state index in [1.165, 1.54) is 0 Å². The van der Waals surface area contributed by atoms with Crippen molar-refractivity contribution in [2.24, 2.45) is 5.73 Å². The first-order valence-electron chi connectivity index (χ1n) is 4.16. The van der Waals surface area contributed by atoms with Gasteiger partial charge in [0.1, 0.15) is 0 Å². The number of carbonyl (C=O) groups is 1. The minimum atomic E-state index is -4.07. The van der Waals surface area contributed by atoms with Crippen LogP contribution in [0.4, 0.5) is 0 Å². The largest absolute Gasteiger partial charge is 0.723 e. The molecule has 0 aromatic carbocycles. The van der Waals surface area contributed by atoms with E-state index < -0.39 is 44.6 Å². The summed E-state index contributed by atoms with van der Waals surface area (Å²) in [6, 6.07) is 0. The normalized spacial score (nSPS) is 10.5. The van der Waals surface area contributed by atoms with E-state index in [2.05, 4.69) is 5.73 Å². The highest BCUT2D eigenvalue weighted by Crippen LogP contribution is 2.14. The Morgan fingerprint density at radius 2 is 1.37 bits per heavy atom. The summed E-state index contributed by atoms with van der Waals surface area (Å²) in [5, 5.41) is 40.1. The van der Waals surface area contributed by atoms with Crippen molar-refractivity contribution in [1.82, 2.24) is 5.01 Å². The van der Waals surface area contributed by atoms with E-state index in [1.54, 1.807) is 0 Å². The van der Waals surface area contributed by atoms with Gasteiger partial charge >= 0.3 is 5.79 Å². The van der Waals surface area contributed by atoms with E-state index in [0.29, 0.717) is 0 Å². The van der Waals surface area contributed by atoms with Gasteiger partial charge in [-0.1, -0.05) is 5.01 Å². The number of carbonyl (C=O) groups excluding carboxylic acids is 1.